The van der Waals surface area contributed by atoms with Crippen molar-refractivity contribution in [2.75, 3.05) is 5.32 Å². The molecule has 1 aliphatic rings. The number of aliphatic carboxylic acids is 1. The van der Waals surface area contributed by atoms with Crippen LogP contribution in [0.5, 0.6) is 0 Å². The number of non-ortho nitro benzene ring substituents is 1. The molecular formula is C14H18N2O4. The van der Waals surface area contributed by atoms with E-state index in [4.69, 9.17) is 0 Å². The molecule has 1 aliphatic carbocycles. The summed E-state index contributed by atoms with van der Waals surface area (Å²) in [6.45, 7) is 3.58. The van der Waals surface area contributed by atoms with Gasteiger partial charge in [0.15, 0.2) is 0 Å². The maximum atomic E-state index is 11.4. The Kier molecular flexibility index (Phi) is 3.65. The second-order valence-corrected chi connectivity index (χ2v) is 5.57. The van der Waals surface area contributed by atoms with Crippen LogP contribution in [-0.4, -0.2) is 22.0 Å². The highest BCUT2D eigenvalue weighted by Gasteiger charge is 2.45. The lowest BCUT2D eigenvalue weighted by atomic mass is 9.84. The number of carboxylic acids is 1. The molecule has 0 heterocycles. The van der Waals surface area contributed by atoms with Gasteiger partial charge < -0.3 is 10.4 Å². The summed E-state index contributed by atoms with van der Waals surface area (Å²) >= 11 is 0. The molecule has 0 radical (unpaired) electrons. The van der Waals surface area contributed by atoms with Crippen LogP contribution in [0.15, 0.2) is 18.2 Å². The van der Waals surface area contributed by atoms with Crippen molar-refractivity contribution in [3.8, 4) is 0 Å². The highest BCUT2D eigenvalue weighted by atomic mass is 16.6. The van der Waals surface area contributed by atoms with Gasteiger partial charge in [-0.3, -0.25) is 14.9 Å². The van der Waals surface area contributed by atoms with Gasteiger partial charge in [0, 0.05) is 23.9 Å². The molecule has 0 aromatic heterocycles. The maximum absolute atomic E-state index is 11.4. The first-order chi connectivity index (χ1) is 9.34. The third kappa shape index (κ3) is 2.45. The molecule has 1 aromatic rings. The summed E-state index contributed by atoms with van der Waals surface area (Å²) in [5, 5.41) is 23.4. The number of carboxylic acid groups (broad SMARTS) is 1. The molecule has 108 valence electrons. The van der Waals surface area contributed by atoms with Crippen molar-refractivity contribution in [2.45, 2.75) is 39.2 Å². The molecule has 1 aromatic carbocycles. The first-order valence-corrected chi connectivity index (χ1v) is 6.59. The molecule has 0 aliphatic heterocycles. The van der Waals surface area contributed by atoms with E-state index in [-0.39, 0.29) is 11.7 Å². The van der Waals surface area contributed by atoms with Crippen LogP contribution in [0, 0.1) is 22.5 Å². The van der Waals surface area contributed by atoms with Crippen LogP contribution in [0.3, 0.4) is 0 Å². The molecule has 2 N–H and O–H groups in total. The van der Waals surface area contributed by atoms with Crippen molar-refractivity contribution in [3.63, 3.8) is 0 Å². The monoisotopic (exact) mass is 278 g/mol. The molecule has 20 heavy (non-hydrogen) atoms. The van der Waals surface area contributed by atoms with Gasteiger partial charge in [-0.15, -0.1) is 0 Å². The Hall–Kier alpha value is -2.11. The average molecular weight is 278 g/mol. The highest BCUT2D eigenvalue weighted by Crippen LogP contribution is 2.40. The number of hydrogen-bond donors (Lipinski definition) is 2. The van der Waals surface area contributed by atoms with Crippen molar-refractivity contribution in [3.05, 3.63) is 33.9 Å². The van der Waals surface area contributed by atoms with Gasteiger partial charge in [0.25, 0.3) is 5.69 Å². The number of benzene rings is 1. The second kappa shape index (κ2) is 5.11. The van der Waals surface area contributed by atoms with Crippen LogP contribution in [0.2, 0.25) is 0 Å². The quantitative estimate of drug-likeness (QED) is 0.652. The second-order valence-electron chi connectivity index (χ2n) is 5.57. The van der Waals surface area contributed by atoms with Crippen LogP contribution in [0.25, 0.3) is 0 Å². The minimum absolute atomic E-state index is 0.00752. The lowest BCUT2D eigenvalue weighted by Crippen LogP contribution is -2.40. The van der Waals surface area contributed by atoms with Crippen molar-refractivity contribution in [2.24, 2.45) is 5.41 Å². The zero-order chi connectivity index (χ0) is 14.9. The Morgan fingerprint density at radius 1 is 1.55 bits per heavy atom. The Labute approximate surface area is 117 Å². The maximum Gasteiger partial charge on any atom is 0.311 e. The van der Waals surface area contributed by atoms with Gasteiger partial charge in [0.05, 0.1) is 10.3 Å². The van der Waals surface area contributed by atoms with E-state index in [1.165, 1.54) is 12.1 Å². The van der Waals surface area contributed by atoms with E-state index in [9.17, 15) is 20.0 Å². The smallest absolute Gasteiger partial charge is 0.311 e. The van der Waals surface area contributed by atoms with Crippen LogP contribution in [-0.2, 0) is 4.79 Å². The van der Waals surface area contributed by atoms with E-state index in [0.29, 0.717) is 12.1 Å². The number of anilines is 1. The summed E-state index contributed by atoms with van der Waals surface area (Å²) in [4.78, 5) is 21.8. The molecule has 6 nitrogen and oxygen atoms in total. The van der Waals surface area contributed by atoms with Gasteiger partial charge in [-0.2, -0.15) is 0 Å². The number of nitrogens with one attached hydrogen (secondary N) is 1. The fourth-order valence-electron chi connectivity index (χ4n) is 2.72. The third-order valence-corrected chi connectivity index (χ3v) is 4.21. The Morgan fingerprint density at radius 3 is 2.85 bits per heavy atom. The van der Waals surface area contributed by atoms with E-state index in [0.717, 1.165) is 18.4 Å². The average Bonchev–Trinajstić information content (AvgIpc) is 2.75. The lowest BCUT2D eigenvalue weighted by molar-refractivity contribution is -0.384. The Balaban J connectivity index is 2.28. The minimum atomic E-state index is -0.824. The highest BCUT2D eigenvalue weighted by molar-refractivity contribution is 5.76. The SMILES string of the molecule is Cc1ccc([N+](=O)[O-])cc1NC1CCCC1(C)C(=O)O. The van der Waals surface area contributed by atoms with E-state index < -0.39 is 16.3 Å². The number of hydrogen-bond acceptors (Lipinski definition) is 4. The Bertz CT molecular complexity index is 558. The Morgan fingerprint density at radius 2 is 2.25 bits per heavy atom. The van der Waals surface area contributed by atoms with Gasteiger partial charge in [0.1, 0.15) is 0 Å². The number of rotatable bonds is 4. The molecule has 1 fully saturated rings. The third-order valence-electron chi connectivity index (χ3n) is 4.21. The fourth-order valence-corrected chi connectivity index (χ4v) is 2.72. The number of nitro benzene ring substituents is 1. The topological polar surface area (TPSA) is 92.5 Å². The van der Waals surface area contributed by atoms with E-state index in [2.05, 4.69) is 5.32 Å². The van der Waals surface area contributed by atoms with Crippen LogP contribution < -0.4 is 5.32 Å². The molecule has 6 heteroatoms. The van der Waals surface area contributed by atoms with Gasteiger partial charge >= 0.3 is 5.97 Å². The van der Waals surface area contributed by atoms with Crippen LogP contribution in [0.1, 0.15) is 31.7 Å². The summed E-state index contributed by atoms with van der Waals surface area (Å²) in [7, 11) is 0. The van der Waals surface area contributed by atoms with Gasteiger partial charge in [-0.25, -0.2) is 0 Å². The van der Waals surface area contributed by atoms with Crippen molar-refractivity contribution >= 4 is 17.3 Å². The molecule has 0 spiro atoms. The predicted octanol–water partition coefficient (Wildman–Crippen LogP) is 2.96. The number of aryl methyl sites for hydroxylation is 1. The summed E-state index contributed by atoms with van der Waals surface area (Å²) in [5.74, 6) is -0.824. The van der Waals surface area contributed by atoms with E-state index >= 15 is 0 Å². The molecular weight excluding hydrogens is 260 g/mol. The standard InChI is InChI=1S/C14H18N2O4/c1-9-5-6-10(16(19)20)8-11(9)15-12-4-3-7-14(12,2)13(17)18/h5-6,8,12,15H,3-4,7H2,1-2H3,(H,17,18). The number of carbonyl (C=O) groups is 1. The first-order valence-electron chi connectivity index (χ1n) is 6.59. The zero-order valence-electron chi connectivity index (χ0n) is 11.5. The van der Waals surface area contributed by atoms with Crippen molar-refractivity contribution < 1.29 is 14.8 Å². The molecule has 0 bridgehead atoms. The van der Waals surface area contributed by atoms with Crippen molar-refractivity contribution in [1.82, 2.24) is 0 Å². The van der Waals surface area contributed by atoms with E-state index in [1.807, 2.05) is 6.92 Å². The summed E-state index contributed by atoms with van der Waals surface area (Å²) < 4.78 is 0. The van der Waals surface area contributed by atoms with Crippen LogP contribution >= 0.6 is 0 Å². The van der Waals surface area contributed by atoms with Crippen molar-refractivity contribution in [1.29, 1.82) is 0 Å². The minimum Gasteiger partial charge on any atom is -0.481 e. The summed E-state index contributed by atoms with van der Waals surface area (Å²) in [6, 6.07) is 4.38. The number of nitro groups is 1. The van der Waals surface area contributed by atoms with E-state index in [1.54, 1.807) is 13.0 Å². The number of nitrogens with zero attached hydrogens (tertiary/aromatic N) is 1. The summed E-state index contributed by atoms with van der Waals surface area (Å²) in [6.07, 6.45) is 2.22. The predicted molar refractivity (Wildman–Crippen MR) is 74.8 cm³/mol. The first kappa shape index (κ1) is 14.3. The molecule has 0 amide bonds. The zero-order valence-corrected chi connectivity index (χ0v) is 11.5. The van der Waals surface area contributed by atoms with Gasteiger partial charge in [-0.1, -0.05) is 12.5 Å². The molecule has 2 unspecified atom stereocenters. The normalized spacial score (nSPS) is 25.4. The fraction of sp³-hybridized carbons (Fsp3) is 0.500. The molecule has 2 rings (SSSR count). The molecule has 0 saturated heterocycles. The van der Waals surface area contributed by atoms with Crippen LogP contribution in [0.4, 0.5) is 11.4 Å². The largest absolute Gasteiger partial charge is 0.481 e. The molecule has 1 saturated carbocycles. The van der Waals surface area contributed by atoms with Gasteiger partial charge in [-0.05, 0) is 32.3 Å². The lowest BCUT2D eigenvalue weighted by Gasteiger charge is -2.29. The summed E-state index contributed by atoms with van der Waals surface area (Å²) in [5.41, 5.74) is 0.693. The van der Waals surface area contributed by atoms with Gasteiger partial charge in [0.2, 0.25) is 0 Å². The molecule has 2 atom stereocenters.